The molecule has 0 fully saturated rings. The van der Waals surface area contributed by atoms with E-state index in [2.05, 4.69) is 40.1 Å². The lowest BCUT2D eigenvalue weighted by Gasteiger charge is -2.10. The second kappa shape index (κ2) is 10.1. The molecule has 6 nitrogen and oxygen atoms in total. The van der Waals surface area contributed by atoms with Crippen LogP contribution >= 0.6 is 15.9 Å². The second-order valence-corrected chi connectivity index (χ2v) is 9.83. The molecule has 38 heavy (non-hydrogen) atoms. The molecule has 6 aromatic rings. The van der Waals surface area contributed by atoms with Crippen molar-refractivity contribution in [1.29, 1.82) is 0 Å². The van der Waals surface area contributed by atoms with Crippen molar-refractivity contribution in [3.63, 3.8) is 0 Å². The zero-order valence-electron chi connectivity index (χ0n) is 20.5. The van der Waals surface area contributed by atoms with E-state index in [1.807, 2.05) is 78.9 Å². The summed E-state index contributed by atoms with van der Waals surface area (Å²) >= 11 is 3.50. The van der Waals surface area contributed by atoms with Crippen LogP contribution in [-0.2, 0) is 6.61 Å². The molecule has 2 heterocycles. The smallest absolute Gasteiger partial charge is 0.282 e. The van der Waals surface area contributed by atoms with Crippen molar-refractivity contribution < 1.29 is 9.15 Å². The number of rotatable bonds is 6. The lowest BCUT2D eigenvalue weighted by Crippen LogP contribution is -2.20. The highest BCUT2D eigenvalue weighted by atomic mass is 79.9. The molecule has 0 spiro atoms. The van der Waals surface area contributed by atoms with Crippen molar-refractivity contribution in [2.75, 3.05) is 0 Å². The van der Waals surface area contributed by atoms with Crippen molar-refractivity contribution in [3.05, 3.63) is 129 Å². The molecule has 0 aliphatic carbocycles. The van der Waals surface area contributed by atoms with Crippen LogP contribution in [0.1, 0.15) is 16.7 Å². The quantitative estimate of drug-likeness (QED) is 0.199. The molecule has 0 saturated carbocycles. The van der Waals surface area contributed by atoms with Crippen molar-refractivity contribution in [2.24, 2.45) is 5.10 Å². The summed E-state index contributed by atoms with van der Waals surface area (Å²) in [6, 6.07) is 30.6. The Bertz CT molecular complexity index is 1870. The SMILES string of the molecule is Cc1ccc(COc2ccccc2C=Nn2c(-c3cc4cc(Br)ccc4o3)nc3ccccc3c2=O)cc1. The van der Waals surface area contributed by atoms with Gasteiger partial charge in [0.2, 0.25) is 5.82 Å². The molecule has 0 N–H and O–H groups in total. The summed E-state index contributed by atoms with van der Waals surface area (Å²) in [4.78, 5) is 18.3. The summed E-state index contributed by atoms with van der Waals surface area (Å²) in [5, 5.41) is 5.94. The van der Waals surface area contributed by atoms with E-state index in [0.717, 1.165) is 21.0 Å². The van der Waals surface area contributed by atoms with E-state index in [9.17, 15) is 4.79 Å². The molecule has 6 rings (SSSR count). The van der Waals surface area contributed by atoms with Crippen molar-refractivity contribution >= 4 is 44.0 Å². The lowest BCUT2D eigenvalue weighted by molar-refractivity contribution is 0.306. The third-order valence-electron chi connectivity index (χ3n) is 6.20. The van der Waals surface area contributed by atoms with Crippen LogP contribution in [0.5, 0.6) is 5.75 Å². The van der Waals surface area contributed by atoms with Crippen LogP contribution in [-0.4, -0.2) is 15.9 Å². The molecular formula is C31H22BrN3O3. The molecule has 186 valence electrons. The van der Waals surface area contributed by atoms with Crippen LogP contribution in [0.3, 0.4) is 0 Å². The number of halogens is 1. The lowest BCUT2D eigenvalue weighted by atomic mass is 10.1. The van der Waals surface area contributed by atoms with Gasteiger partial charge in [-0.25, -0.2) is 4.98 Å². The van der Waals surface area contributed by atoms with E-state index in [1.165, 1.54) is 10.2 Å². The van der Waals surface area contributed by atoms with Gasteiger partial charge in [0.15, 0.2) is 5.76 Å². The van der Waals surface area contributed by atoms with E-state index in [4.69, 9.17) is 14.1 Å². The van der Waals surface area contributed by atoms with E-state index >= 15 is 0 Å². The number of para-hydroxylation sites is 2. The molecule has 7 heteroatoms. The molecule has 4 aromatic carbocycles. The third kappa shape index (κ3) is 4.76. The zero-order chi connectivity index (χ0) is 26.1. The second-order valence-electron chi connectivity index (χ2n) is 8.92. The number of ether oxygens (including phenoxy) is 1. The van der Waals surface area contributed by atoms with Crippen LogP contribution in [0.2, 0.25) is 0 Å². The van der Waals surface area contributed by atoms with Crippen molar-refractivity contribution in [2.45, 2.75) is 13.5 Å². The van der Waals surface area contributed by atoms with Crippen LogP contribution in [0, 0.1) is 6.92 Å². The van der Waals surface area contributed by atoms with Gasteiger partial charge in [-0.3, -0.25) is 4.79 Å². The monoisotopic (exact) mass is 563 g/mol. The molecular weight excluding hydrogens is 542 g/mol. The summed E-state index contributed by atoms with van der Waals surface area (Å²) in [6.45, 7) is 2.47. The highest BCUT2D eigenvalue weighted by molar-refractivity contribution is 9.10. The number of hydrogen-bond acceptors (Lipinski definition) is 5. The Hall–Kier alpha value is -4.49. The Morgan fingerprint density at radius 1 is 0.974 bits per heavy atom. The fourth-order valence-electron chi connectivity index (χ4n) is 4.20. The summed E-state index contributed by atoms with van der Waals surface area (Å²) in [5.41, 5.74) is 3.97. The number of fused-ring (bicyclic) bond motifs is 2. The Balaban J connectivity index is 1.42. The number of furan rings is 1. The van der Waals surface area contributed by atoms with Gasteiger partial charge < -0.3 is 9.15 Å². The fraction of sp³-hybridized carbons (Fsp3) is 0.0645. The number of nitrogens with zero attached hydrogens (tertiary/aromatic N) is 3. The van der Waals surface area contributed by atoms with Crippen LogP contribution < -0.4 is 10.3 Å². The van der Waals surface area contributed by atoms with Crippen LogP contribution in [0.4, 0.5) is 0 Å². The standard InChI is InChI=1S/C31H22BrN3O3/c1-20-10-12-21(13-11-20)19-37-27-9-5-2-6-22(27)18-33-35-30(34-26-8-4-3-7-25(26)31(35)36)29-17-23-16-24(32)14-15-28(23)38-29/h2-18H,19H2,1H3. The summed E-state index contributed by atoms with van der Waals surface area (Å²) in [5.74, 6) is 1.42. The molecule has 0 saturated heterocycles. The van der Waals surface area contributed by atoms with Gasteiger partial charge in [-0.2, -0.15) is 9.78 Å². The minimum atomic E-state index is -0.290. The Morgan fingerprint density at radius 3 is 2.63 bits per heavy atom. The molecule has 2 aromatic heterocycles. The first kappa shape index (κ1) is 23.9. The predicted molar refractivity (Wildman–Crippen MR) is 154 cm³/mol. The first-order chi connectivity index (χ1) is 18.5. The van der Waals surface area contributed by atoms with Gasteiger partial charge in [0.05, 0.1) is 17.1 Å². The maximum atomic E-state index is 13.6. The number of aromatic nitrogens is 2. The maximum Gasteiger partial charge on any atom is 0.282 e. The fourth-order valence-corrected chi connectivity index (χ4v) is 4.58. The molecule has 0 aliphatic heterocycles. The molecule has 0 radical (unpaired) electrons. The summed E-state index contributed by atoms with van der Waals surface area (Å²) in [6.07, 6.45) is 1.62. The summed E-state index contributed by atoms with van der Waals surface area (Å²) < 4.78 is 14.4. The Labute approximate surface area is 227 Å². The Kier molecular flexibility index (Phi) is 6.35. The van der Waals surface area contributed by atoms with E-state index in [-0.39, 0.29) is 5.56 Å². The van der Waals surface area contributed by atoms with E-state index in [0.29, 0.717) is 40.4 Å². The normalized spacial score (nSPS) is 11.5. The third-order valence-corrected chi connectivity index (χ3v) is 6.69. The average molecular weight is 564 g/mol. The molecule has 0 unspecified atom stereocenters. The maximum absolute atomic E-state index is 13.6. The number of hydrogen-bond donors (Lipinski definition) is 0. The van der Waals surface area contributed by atoms with Gasteiger partial charge in [0.1, 0.15) is 17.9 Å². The molecule has 0 amide bonds. The van der Waals surface area contributed by atoms with Crippen LogP contribution in [0.15, 0.2) is 116 Å². The van der Waals surface area contributed by atoms with E-state index in [1.54, 1.807) is 12.3 Å². The molecule has 0 atom stereocenters. The minimum absolute atomic E-state index is 0.290. The van der Waals surface area contributed by atoms with Gasteiger partial charge in [-0.15, -0.1) is 0 Å². The Morgan fingerprint density at radius 2 is 1.76 bits per heavy atom. The van der Waals surface area contributed by atoms with Crippen LogP contribution in [0.25, 0.3) is 33.5 Å². The first-order valence-electron chi connectivity index (χ1n) is 12.1. The van der Waals surface area contributed by atoms with Crippen molar-refractivity contribution in [1.82, 2.24) is 9.66 Å². The number of aryl methyl sites for hydroxylation is 1. The highest BCUT2D eigenvalue weighted by Gasteiger charge is 2.17. The van der Waals surface area contributed by atoms with Gasteiger partial charge >= 0.3 is 0 Å². The van der Waals surface area contributed by atoms with Crippen molar-refractivity contribution in [3.8, 4) is 17.3 Å². The zero-order valence-corrected chi connectivity index (χ0v) is 22.1. The van der Waals surface area contributed by atoms with Gasteiger partial charge in [0, 0.05) is 15.4 Å². The van der Waals surface area contributed by atoms with Gasteiger partial charge in [-0.1, -0.05) is 70.0 Å². The van der Waals surface area contributed by atoms with E-state index < -0.39 is 0 Å². The highest BCUT2D eigenvalue weighted by Crippen LogP contribution is 2.29. The largest absolute Gasteiger partial charge is 0.488 e. The first-order valence-corrected chi connectivity index (χ1v) is 12.9. The predicted octanol–water partition coefficient (Wildman–Crippen LogP) is 7.34. The van der Waals surface area contributed by atoms with Gasteiger partial charge in [0.25, 0.3) is 5.56 Å². The topological polar surface area (TPSA) is 69.6 Å². The molecule has 0 aliphatic rings. The number of benzene rings is 4. The molecule has 0 bridgehead atoms. The summed E-state index contributed by atoms with van der Waals surface area (Å²) in [7, 11) is 0. The minimum Gasteiger partial charge on any atom is -0.488 e. The van der Waals surface area contributed by atoms with Gasteiger partial charge in [-0.05, 0) is 61.0 Å². The average Bonchev–Trinajstić information content (AvgIpc) is 3.36.